The normalized spacial score (nSPS) is 21.9. The Labute approximate surface area is 131 Å². The molecule has 0 spiro atoms. The Morgan fingerprint density at radius 3 is 2.64 bits per heavy atom. The second kappa shape index (κ2) is 7.09. The lowest BCUT2D eigenvalue weighted by atomic mass is 10.2. The Morgan fingerprint density at radius 1 is 1.32 bits per heavy atom. The number of hydroxylamine groups is 1. The number of nitrogens with one attached hydrogen (secondary N) is 1. The van der Waals surface area contributed by atoms with Gasteiger partial charge in [-0.25, -0.2) is 4.79 Å². The first-order valence-electron chi connectivity index (χ1n) is 7.42. The lowest BCUT2D eigenvalue weighted by Gasteiger charge is -2.24. The standard InChI is InChI=1S/C16H24N2O4/c1-16(2,3)22-15(20)18-9-13(14(19)10-18)17-21-11-12-7-5-4-6-8-12/h4-8,13-14,17,19H,9-11H2,1-3H3/t13-,14-/m1/s1. The number of carbonyl (C=O) groups excluding carboxylic acids is 1. The summed E-state index contributed by atoms with van der Waals surface area (Å²) < 4.78 is 5.30. The first kappa shape index (κ1) is 16.7. The average Bonchev–Trinajstić information content (AvgIpc) is 2.80. The van der Waals surface area contributed by atoms with Crippen molar-refractivity contribution in [1.29, 1.82) is 0 Å². The fraction of sp³-hybridized carbons (Fsp3) is 0.562. The number of hydrogen-bond acceptors (Lipinski definition) is 5. The smallest absolute Gasteiger partial charge is 0.410 e. The zero-order valence-corrected chi connectivity index (χ0v) is 13.3. The number of aliphatic hydroxyl groups is 1. The largest absolute Gasteiger partial charge is 0.444 e. The quantitative estimate of drug-likeness (QED) is 0.828. The van der Waals surface area contributed by atoms with Gasteiger partial charge in [0, 0.05) is 6.54 Å². The van der Waals surface area contributed by atoms with Crippen molar-refractivity contribution in [2.45, 2.75) is 45.1 Å². The number of benzene rings is 1. The Bertz CT molecular complexity index is 487. The van der Waals surface area contributed by atoms with Gasteiger partial charge in [-0.15, -0.1) is 0 Å². The van der Waals surface area contributed by atoms with Crippen molar-refractivity contribution in [3.63, 3.8) is 0 Å². The molecule has 1 aromatic carbocycles. The number of likely N-dealkylation sites (tertiary alicyclic amines) is 1. The number of rotatable bonds is 4. The molecule has 22 heavy (non-hydrogen) atoms. The highest BCUT2D eigenvalue weighted by molar-refractivity contribution is 5.68. The van der Waals surface area contributed by atoms with E-state index in [9.17, 15) is 9.90 Å². The van der Waals surface area contributed by atoms with Gasteiger partial charge in [-0.05, 0) is 26.3 Å². The van der Waals surface area contributed by atoms with Crippen LogP contribution in [0.3, 0.4) is 0 Å². The molecule has 0 radical (unpaired) electrons. The van der Waals surface area contributed by atoms with E-state index in [2.05, 4.69) is 5.48 Å². The Morgan fingerprint density at radius 2 is 2.00 bits per heavy atom. The first-order valence-corrected chi connectivity index (χ1v) is 7.42. The van der Waals surface area contributed by atoms with Gasteiger partial charge in [-0.2, -0.15) is 5.48 Å². The maximum Gasteiger partial charge on any atom is 0.410 e. The van der Waals surface area contributed by atoms with Crippen LogP contribution in [0.1, 0.15) is 26.3 Å². The molecule has 0 unspecified atom stereocenters. The topological polar surface area (TPSA) is 71.0 Å². The molecular formula is C16H24N2O4. The fourth-order valence-electron chi connectivity index (χ4n) is 2.18. The van der Waals surface area contributed by atoms with Crippen LogP contribution in [0.4, 0.5) is 4.79 Å². The van der Waals surface area contributed by atoms with Crippen LogP contribution < -0.4 is 5.48 Å². The number of nitrogens with zero attached hydrogens (tertiary/aromatic N) is 1. The molecule has 1 fully saturated rings. The molecule has 0 saturated carbocycles. The van der Waals surface area contributed by atoms with Crippen LogP contribution >= 0.6 is 0 Å². The van der Waals surface area contributed by atoms with E-state index in [1.54, 1.807) is 0 Å². The second-order valence-electron chi connectivity index (χ2n) is 6.45. The van der Waals surface area contributed by atoms with Gasteiger partial charge in [0.25, 0.3) is 0 Å². The summed E-state index contributed by atoms with van der Waals surface area (Å²) in [6, 6.07) is 9.41. The van der Waals surface area contributed by atoms with Crippen molar-refractivity contribution in [3.05, 3.63) is 35.9 Å². The van der Waals surface area contributed by atoms with Crippen LogP contribution in [0.25, 0.3) is 0 Å². The molecule has 1 heterocycles. The molecule has 0 aliphatic carbocycles. The summed E-state index contributed by atoms with van der Waals surface area (Å²) in [5, 5.41) is 10.0. The maximum atomic E-state index is 12.0. The van der Waals surface area contributed by atoms with Crippen molar-refractivity contribution in [2.24, 2.45) is 0 Å². The number of aliphatic hydroxyl groups excluding tert-OH is 1. The van der Waals surface area contributed by atoms with E-state index >= 15 is 0 Å². The molecule has 2 N–H and O–H groups in total. The first-order chi connectivity index (χ1) is 10.3. The Hall–Kier alpha value is -1.63. The molecule has 6 heteroatoms. The van der Waals surface area contributed by atoms with Crippen LogP contribution in [0.2, 0.25) is 0 Å². The third-order valence-electron chi connectivity index (χ3n) is 3.26. The molecule has 0 aromatic heterocycles. The van der Waals surface area contributed by atoms with Crippen molar-refractivity contribution in [2.75, 3.05) is 13.1 Å². The fourth-order valence-corrected chi connectivity index (χ4v) is 2.18. The van der Waals surface area contributed by atoms with Gasteiger partial charge in [-0.1, -0.05) is 30.3 Å². The number of ether oxygens (including phenoxy) is 1. The van der Waals surface area contributed by atoms with Gasteiger partial charge in [0.05, 0.1) is 25.3 Å². The molecule has 1 saturated heterocycles. The van der Waals surface area contributed by atoms with Crippen molar-refractivity contribution < 1.29 is 19.5 Å². The molecule has 0 bridgehead atoms. The summed E-state index contributed by atoms with van der Waals surface area (Å²) in [7, 11) is 0. The lowest BCUT2D eigenvalue weighted by molar-refractivity contribution is -0.0183. The van der Waals surface area contributed by atoms with E-state index in [-0.39, 0.29) is 12.6 Å². The minimum absolute atomic E-state index is 0.237. The zero-order valence-electron chi connectivity index (χ0n) is 13.3. The summed E-state index contributed by atoms with van der Waals surface area (Å²) in [5.41, 5.74) is 3.32. The van der Waals surface area contributed by atoms with Gasteiger partial charge in [-0.3, -0.25) is 4.84 Å². The molecule has 2 rings (SSSR count). The molecule has 122 valence electrons. The SMILES string of the molecule is CC(C)(C)OC(=O)N1C[C@@H](O)[C@H](NOCc2ccccc2)C1. The van der Waals surface area contributed by atoms with Crippen LogP contribution in [-0.2, 0) is 16.2 Å². The number of β-amino-alcohol motifs (C(OH)–C–C–N with tert-alkyl or cyclic N) is 1. The molecular weight excluding hydrogens is 284 g/mol. The molecule has 6 nitrogen and oxygen atoms in total. The minimum Gasteiger partial charge on any atom is -0.444 e. The highest BCUT2D eigenvalue weighted by atomic mass is 16.6. The highest BCUT2D eigenvalue weighted by Crippen LogP contribution is 2.16. The zero-order chi connectivity index (χ0) is 16.2. The van der Waals surface area contributed by atoms with E-state index in [1.807, 2.05) is 51.1 Å². The summed E-state index contributed by atoms with van der Waals surface area (Å²) in [6.07, 6.45) is -1.10. The second-order valence-corrected chi connectivity index (χ2v) is 6.45. The van der Waals surface area contributed by atoms with E-state index in [1.165, 1.54) is 4.90 Å². The third kappa shape index (κ3) is 4.98. The maximum absolute atomic E-state index is 12.0. The molecule has 1 aromatic rings. The monoisotopic (exact) mass is 308 g/mol. The van der Waals surface area contributed by atoms with Crippen LogP contribution in [0, 0.1) is 0 Å². The number of amides is 1. The predicted molar refractivity (Wildman–Crippen MR) is 82.0 cm³/mol. The minimum atomic E-state index is -0.678. The van der Waals surface area contributed by atoms with Gasteiger partial charge in [0.1, 0.15) is 5.60 Å². The molecule has 1 amide bonds. The number of carbonyl (C=O) groups is 1. The van der Waals surface area contributed by atoms with Crippen LogP contribution in [-0.4, -0.2) is 46.9 Å². The van der Waals surface area contributed by atoms with E-state index in [0.29, 0.717) is 13.2 Å². The lowest BCUT2D eigenvalue weighted by Crippen LogP contribution is -2.40. The Balaban J connectivity index is 1.77. The van der Waals surface area contributed by atoms with Crippen molar-refractivity contribution >= 4 is 6.09 Å². The predicted octanol–water partition coefficient (Wildman–Crippen LogP) is 1.69. The van der Waals surface area contributed by atoms with Crippen molar-refractivity contribution in [1.82, 2.24) is 10.4 Å². The van der Waals surface area contributed by atoms with E-state index < -0.39 is 17.8 Å². The summed E-state index contributed by atoms with van der Waals surface area (Å²) in [4.78, 5) is 18.9. The third-order valence-corrected chi connectivity index (χ3v) is 3.26. The van der Waals surface area contributed by atoms with Gasteiger partial charge in [0.15, 0.2) is 0 Å². The molecule has 1 aliphatic heterocycles. The van der Waals surface area contributed by atoms with E-state index in [4.69, 9.17) is 9.57 Å². The number of hydrogen-bond donors (Lipinski definition) is 2. The van der Waals surface area contributed by atoms with E-state index in [0.717, 1.165) is 5.56 Å². The van der Waals surface area contributed by atoms with Gasteiger partial charge < -0.3 is 14.7 Å². The molecule has 1 aliphatic rings. The summed E-state index contributed by atoms with van der Waals surface area (Å²) >= 11 is 0. The Kier molecular flexibility index (Phi) is 5.39. The van der Waals surface area contributed by atoms with Gasteiger partial charge in [0.2, 0.25) is 0 Å². The highest BCUT2D eigenvalue weighted by Gasteiger charge is 2.36. The van der Waals surface area contributed by atoms with Gasteiger partial charge >= 0.3 is 6.09 Å². The molecule has 2 atom stereocenters. The van der Waals surface area contributed by atoms with Crippen molar-refractivity contribution in [3.8, 4) is 0 Å². The average molecular weight is 308 g/mol. The van der Waals surface area contributed by atoms with Crippen LogP contribution in [0.5, 0.6) is 0 Å². The summed E-state index contributed by atoms with van der Waals surface area (Å²) in [6.45, 7) is 6.44. The van der Waals surface area contributed by atoms with Crippen LogP contribution in [0.15, 0.2) is 30.3 Å². The summed E-state index contributed by atoms with van der Waals surface area (Å²) in [5.74, 6) is 0.